The predicted molar refractivity (Wildman–Crippen MR) is 89.7 cm³/mol. The highest BCUT2D eigenvalue weighted by atomic mass is 17.2. The maximum Gasteiger partial charge on any atom is 0.256 e. The van der Waals surface area contributed by atoms with Gasteiger partial charge in [-0.25, -0.2) is 9.78 Å². The Morgan fingerprint density at radius 2 is 1.96 bits per heavy atom. The van der Waals surface area contributed by atoms with Crippen LogP contribution in [-0.4, -0.2) is 34.5 Å². The molecule has 0 aromatic heterocycles. The number of nitrogens with zero attached hydrogens (tertiary/aromatic N) is 1. The first-order valence-corrected chi connectivity index (χ1v) is 8.91. The van der Waals surface area contributed by atoms with Crippen molar-refractivity contribution in [2.45, 2.75) is 72.0 Å². The average molecular weight is 335 g/mol. The molecule has 0 aromatic carbocycles. The standard InChI is InChI=1S/C19H29NO4/c1-12-9-15(21)20(16(12)22)11-17(3,4)23-24-19-10-14(18(19,5)6)8-7-13(19)2/h9,13-14H,7-8,10-11H2,1-6H3. The topological polar surface area (TPSA) is 55.8 Å². The highest BCUT2D eigenvalue weighted by Gasteiger charge is 2.67. The predicted octanol–water partition coefficient (Wildman–Crippen LogP) is 3.24. The number of hydrogen-bond donors (Lipinski definition) is 0. The monoisotopic (exact) mass is 335 g/mol. The van der Waals surface area contributed by atoms with Crippen molar-refractivity contribution in [3.63, 3.8) is 0 Å². The summed E-state index contributed by atoms with van der Waals surface area (Å²) in [5.74, 6) is 0.605. The minimum Gasteiger partial charge on any atom is -0.272 e. The molecule has 0 N–H and O–H groups in total. The Labute approximate surface area is 144 Å². The van der Waals surface area contributed by atoms with Crippen molar-refractivity contribution in [1.29, 1.82) is 0 Å². The SMILES string of the molecule is CC1=CC(=O)N(CC(C)(C)OOC23CC(CCC2C)C3(C)C)C1=O. The Kier molecular flexibility index (Phi) is 3.96. The first kappa shape index (κ1) is 17.6. The van der Waals surface area contributed by atoms with E-state index in [0.717, 1.165) is 12.8 Å². The molecule has 0 radical (unpaired) electrons. The van der Waals surface area contributed by atoms with Crippen molar-refractivity contribution >= 4 is 11.8 Å². The van der Waals surface area contributed by atoms with Crippen LogP contribution in [0.3, 0.4) is 0 Å². The van der Waals surface area contributed by atoms with Gasteiger partial charge in [-0.2, -0.15) is 0 Å². The van der Waals surface area contributed by atoms with Gasteiger partial charge in [0.1, 0.15) is 11.2 Å². The smallest absolute Gasteiger partial charge is 0.256 e. The molecule has 1 aliphatic heterocycles. The molecule has 1 heterocycles. The van der Waals surface area contributed by atoms with Crippen LogP contribution in [0.5, 0.6) is 0 Å². The van der Waals surface area contributed by atoms with Crippen molar-refractivity contribution in [1.82, 2.24) is 4.90 Å². The molecular formula is C19H29NO4. The lowest BCUT2D eigenvalue weighted by Gasteiger charge is -2.66. The van der Waals surface area contributed by atoms with Gasteiger partial charge < -0.3 is 0 Å². The quantitative estimate of drug-likeness (QED) is 0.440. The van der Waals surface area contributed by atoms with Crippen LogP contribution in [0.2, 0.25) is 0 Å². The van der Waals surface area contributed by atoms with Crippen molar-refractivity contribution < 1.29 is 19.4 Å². The second-order valence-corrected chi connectivity index (χ2v) is 8.97. The third kappa shape index (κ3) is 2.44. The van der Waals surface area contributed by atoms with E-state index in [1.807, 2.05) is 13.8 Å². The number of imide groups is 1. The largest absolute Gasteiger partial charge is 0.272 e. The highest BCUT2D eigenvalue weighted by molar-refractivity contribution is 6.15. The molecule has 3 aliphatic carbocycles. The number of carbonyl (C=O) groups excluding carboxylic acids is 2. The Balaban J connectivity index is 1.66. The molecule has 4 aliphatic rings. The average Bonchev–Trinajstić information content (AvgIpc) is 2.72. The Bertz CT molecular complexity index is 606. The van der Waals surface area contributed by atoms with Gasteiger partial charge in [0.2, 0.25) is 0 Å². The molecule has 0 spiro atoms. The summed E-state index contributed by atoms with van der Waals surface area (Å²) in [7, 11) is 0. The van der Waals surface area contributed by atoms with Gasteiger partial charge in [0.05, 0.1) is 6.54 Å². The second-order valence-electron chi connectivity index (χ2n) is 8.97. The summed E-state index contributed by atoms with van der Waals surface area (Å²) >= 11 is 0. The molecule has 5 heteroatoms. The Morgan fingerprint density at radius 3 is 2.46 bits per heavy atom. The van der Waals surface area contributed by atoms with Crippen LogP contribution < -0.4 is 0 Å². The van der Waals surface area contributed by atoms with E-state index >= 15 is 0 Å². The van der Waals surface area contributed by atoms with E-state index in [9.17, 15) is 9.59 Å². The third-order valence-corrected chi connectivity index (χ3v) is 6.55. The van der Waals surface area contributed by atoms with Gasteiger partial charge in [-0.1, -0.05) is 20.8 Å². The van der Waals surface area contributed by atoms with Gasteiger partial charge in [-0.3, -0.25) is 14.5 Å². The molecule has 134 valence electrons. The van der Waals surface area contributed by atoms with Crippen LogP contribution in [0.25, 0.3) is 0 Å². The third-order valence-electron chi connectivity index (χ3n) is 6.55. The molecule has 2 amide bonds. The van der Waals surface area contributed by atoms with E-state index in [0.29, 0.717) is 17.4 Å². The van der Waals surface area contributed by atoms with Crippen LogP contribution in [0.15, 0.2) is 11.6 Å². The minimum atomic E-state index is -0.753. The van der Waals surface area contributed by atoms with Gasteiger partial charge in [0.15, 0.2) is 0 Å². The zero-order chi connectivity index (χ0) is 17.9. The van der Waals surface area contributed by atoms with Crippen LogP contribution in [-0.2, 0) is 19.4 Å². The Morgan fingerprint density at radius 1 is 1.29 bits per heavy atom. The van der Waals surface area contributed by atoms with Gasteiger partial charge in [-0.15, -0.1) is 0 Å². The van der Waals surface area contributed by atoms with E-state index in [-0.39, 0.29) is 29.4 Å². The van der Waals surface area contributed by atoms with E-state index in [1.54, 1.807) is 6.92 Å². The van der Waals surface area contributed by atoms with E-state index in [1.165, 1.54) is 17.4 Å². The zero-order valence-electron chi connectivity index (χ0n) is 15.6. The van der Waals surface area contributed by atoms with E-state index in [4.69, 9.17) is 9.78 Å². The van der Waals surface area contributed by atoms with Crippen molar-refractivity contribution in [2.24, 2.45) is 17.3 Å². The molecule has 0 saturated heterocycles. The van der Waals surface area contributed by atoms with Crippen molar-refractivity contribution in [3.8, 4) is 0 Å². The van der Waals surface area contributed by atoms with Crippen LogP contribution in [0.4, 0.5) is 0 Å². The van der Waals surface area contributed by atoms with Gasteiger partial charge in [0.25, 0.3) is 11.8 Å². The first-order valence-electron chi connectivity index (χ1n) is 8.91. The lowest BCUT2D eigenvalue weighted by atomic mass is 9.43. The molecule has 24 heavy (non-hydrogen) atoms. The summed E-state index contributed by atoms with van der Waals surface area (Å²) in [6.07, 6.45) is 4.81. The molecule has 5 nitrogen and oxygen atoms in total. The first-order chi connectivity index (χ1) is 11.0. The fourth-order valence-electron chi connectivity index (χ4n) is 4.69. The fourth-order valence-corrected chi connectivity index (χ4v) is 4.69. The van der Waals surface area contributed by atoms with Crippen LogP contribution >= 0.6 is 0 Å². The molecule has 3 atom stereocenters. The van der Waals surface area contributed by atoms with Crippen LogP contribution in [0, 0.1) is 17.3 Å². The van der Waals surface area contributed by atoms with Gasteiger partial charge >= 0.3 is 0 Å². The molecule has 3 unspecified atom stereocenters. The number of amides is 2. The fraction of sp³-hybridized carbons (Fsp3) is 0.789. The van der Waals surface area contributed by atoms with Crippen LogP contribution in [0.1, 0.15) is 60.8 Å². The maximum atomic E-state index is 12.1. The van der Waals surface area contributed by atoms with Crippen molar-refractivity contribution in [3.05, 3.63) is 11.6 Å². The maximum absolute atomic E-state index is 12.1. The lowest BCUT2D eigenvalue weighted by Crippen LogP contribution is -2.68. The summed E-state index contributed by atoms with van der Waals surface area (Å²) in [5.41, 5.74) is -0.450. The lowest BCUT2D eigenvalue weighted by molar-refractivity contribution is -0.471. The minimum absolute atomic E-state index is 0.0954. The summed E-state index contributed by atoms with van der Waals surface area (Å²) in [4.78, 5) is 37.1. The summed E-state index contributed by atoms with van der Waals surface area (Å²) in [6, 6.07) is 0. The molecule has 3 fully saturated rings. The molecule has 0 aromatic rings. The van der Waals surface area contributed by atoms with E-state index in [2.05, 4.69) is 20.8 Å². The Hall–Kier alpha value is -1.20. The number of carbonyl (C=O) groups is 2. The van der Waals surface area contributed by atoms with Crippen molar-refractivity contribution in [2.75, 3.05) is 6.54 Å². The summed E-state index contributed by atoms with van der Waals surface area (Å²) in [5, 5.41) is 0. The number of rotatable bonds is 5. The summed E-state index contributed by atoms with van der Waals surface area (Å²) < 4.78 is 0. The second kappa shape index (κ2) is 5.40. The van der Waals surface area contributed by atoms with E-state index < -0.39 is 5.60 Å². The molecule has 2 bridgehead atoms. The molecular weight excluding hydrogens is 306 g/mol. The molecule has 3 saturated carbocycles. The zero-order valence-corrected chi connectivity index (χ0v) is 15.6. The highest BCUT2D eigenvalue weighted by Crippen LogP contribution is 2.66. The van der Waals surface area contributed by atoms with Gasteiger partial charge in [0, 0.05) is 17.1 Å². The molecule has 4 rings (SSSR count). The summed E-state index contributed by atoms with van der Waals surface area (Å²) in [6.45, 7) is 12.3. The number of hydrogen-bond acceptors (Lipinski definition) is 4. The van der Waals surface area contributed by atoms with Gasteiger partial charge in [-0.05, 0) is 51.9 Å². The number of fused-ring (bicyclic) bond motifs is 2. The normalized spacial score (nSPS) is 35.1.